The van der Waals surface area contributed by atoms with Gasteiger partial charge in [0.2, 0.25) is 5.56 Å². The Morgan fingerprint density at radius 3 is 2.96 bits per heavy atom. The molecule has 7 nitrogen and oxygen atoms in total. The number of nitrogens with one attached hydrogen (secondary N) is 1. The van der Waals surface area contributed by atoms with Crippen molar-refractivity contribution in [3.05, 3.63) is 63.2 Å². The van der Waals surface area contributed by atoms with Crippen molar-refractivity contribution in [2.24, 2.45) is 0 Å². The number of carbonyl (C=O) groups is 1. The number of nitrogens with zero attached hydrogens (tertiary/aromatic N) is 3. The van der Waals surface area contributed by atoms with Crippen molar-refractivity contribution in [1.29, 1.82) is 0 Å². The molecule has 1 N–H and O–H groups in total. The van der Waals surface area contributed by atoms with E-state index in [-0.39, 0.29) is 17.5 Å². The fourth-order valence-electron chi connectivity index (χ4n) is 3.15. The Morgan fingerprint density at radius 1 is 1.38 bits per heavy atom. The molecule has 1 saturated heterocycles. The first kappa shape index (κ1) is 16.8. The van der Waals surface area contributed by atoms with E-state index in [1.54, 1.807) is 30.1 Å². The molecule has 1 amide bonds. The van der Waals surface area contributed by atoms with Gasteiger partial charge >= 0.3 is 0 Å². The number of aromatic nitrogens is 2. The normalized spacial score (nSPS) is 15.2. The molecule has 134 valence electrons. The number of fused-ring (bicyclic) bond motifs is 1. The van der Waals surface area contributed by atoms with Gasteiger partial charge in [-0.05, 0) is 24.3 Å². The number of benzene rings is 1. The van der Waals surface area contributed by atoms with E-state index < -0.39 is 0 Å². The van der Waals surface area contributed by atoms with Gasteiger partial charge in [-0.25, -0.2) is 0 Å². The number of hydrogen-bond donors (Lipinski definition) is 1. The molecule has 3 aromatic rings. The fourth-order valence-corrected chi connectivity index (χ4v) is 3.32. The molecule has 0 atom stereocenters. The van der Waals surface area contributed by atoms with Gasteiger partial charge in [0, 0.05) is 54.9 Å². The van der Waals surface area contributed by atoms with Crippen molar-refractivity contribution < 1.29 is 9.32 Å². The third-order valence-electron chi connectivity index (χ3n) is 4.71. The first-order chi connectivity index (χ1) is 12.5. The van der Waals surface area contributed by atoms with Gasteiger partial charge in [0.25, 0.3) is 5.91 Å². The van der Waals surface area contributed by atoms with Crippen LogP contribution in [-0.4, -0.2) is 52.0 Å². The first-order valence-corrected chi connectivity index (χ1v) is 8.61. The third-order valence-corrected chi connectivity index (χ3v) is 4.94. The summed E-state index contributed by atoms with van der Waals surface area (Å²) in [5.41, 5.74) is 1.66. The van der Waals surface area contributed by atoms with Crippen LogP contribution in [0.5, 0.6) is 0 Å². The van der Waals surface area contributed by atoms with E-state index in [4.69, 9.17) is 16.1 Å². The maximum absolute atomic E-state index is 12.5. The molecule has 2 aromatic heterocycles. The molecule has 0 unspecified atom stereocenters. The van der Waals surface area contributed by atoms with Gasteiger partial charge in [-0.3, -0.25) is 14.5 Å². The Labute approximate surface area is 154 Å². The maximum Gasteiger partial charge on any atom is 0.254 e. The largest absolute Gasteiger partial charge is 0.356 e. The van der Waals surface area contributed by atoms with Crippen molar-refractivity contribution in [2.45, 2.75) is 12.6 Å². The summed E-state index contributed by atoms with van der Waals surface area (Å²) in [5, 5.41) is 5.68. The van der Waals surface area contributed by atoms with E-state index in [0.717, 1.165) is 24.2 Å². The highest BCUT2D eigenvalue weighted by Crippen LogP contribution is 2.25. The molecule has 1 aromatic carbocycles. The van der Waals surface area contributed by atoms with Crippen LogP contribution in [0.4, 0.5) is 0 Å². The number of rotatable bonds is 4. The highest BCUT2D eigenvalue weighted by atomic mass is 35.5. The lowest BCUT2D eigenvalue weighted by atomic mass is 10.1. The van der Waals surface area contributed by atoms with Crippen LogP contribution in [0.25, 0.3) is 11.0 Å². The minimum absolute atomic E-state index is 0.101. The monoisotopic (exact) mass is 372 g/mol. The minimum Gasteiger partial charge on any atom is -0.356 e. The van der Waals surface area contributed by atoms with Crippen molar-refractivity contribution in [2.75, 3.05) is 20.1 Å². The van der Waals surface area contributed by atoms with Gasteiger partial charge in [0.1, 0.15) is 5.69 Å². The highest BCUT2D eigenvalue weighted by Gasteiger charge is 2.33. The van der Waals surface area contributed by atoms with Crippen LogP contribution in [0.1, 0.15) is 16.1 Å². The lowest BCUT2D eigenvalue weighted by Gasteiger charge is -2.43. The number of halogens is 1. The number of amides is 1. The van der Waals surface area contributed by atoms with Crippen LogP contribution in [0.2, 0.25) is 5.02 Å². The van der Waals surface area contributed by atoms with Gasteiger partial charge in [0.15, 0.2) is 5.58 Å². The molecule has 0 radical (unpaired) electrons. The second-order valence-corrected chi connectivity index (χ2v) is 6.91. The summed E-state index contributed by atoms with van der Waals surface area (Å²) in [4.78, 5) is 30.2. The Kier molecular flexibility index (Phi) is 4.26. The molecular weight excluding hydrogens is 356 g/mol. The molecule has 0 bridgehead atoms. The first-order valence-electron chi connectivity index (χ1n) is 8.23. The topological polar surface area (TPSA) is 82.4 Å². The zero-order valence-electron chi connectivity index (χ0n) is 14.1. The van der Waals surface area contributed by atoms with E-state index >= 15 is 0 Å². The Morgan fingerprint density at radius 2 is 2.19 bits per heavy atom. The summed E-state index contributed by atoms with van der Waals surface area (Å²) in [7, 11) is 1.76. The van der Waals surface area contributed by atoms with Crippen LogP contribution in [0, 0.1) is 0 Å². The van der Waals surface area contributed by atoms with Crippen LogP contribution in [0.15, 0.2) is 45.8 Å². The SMILES string of the molecule is CN(C(=O)c1cc[nH]c(=O)c1)C1CN(Cc2noc3ccc(Cl)cc23)C1. The molecule has 0 saturated carbocycles. The van der Waals surface area contributed by atoms with E-state index in [1.165, 1.54) is 12.3 Å². The molecule has 1 aliphatic heterocycles. The molecular formula is C18H17ClN4O3. The number of H-pyrrole nitrogens is 1. The lowest BCUT2D eigenvalue weighted by molar-refractivity contribution is 0.0328. The minimum atomic E-state index is -0.281. The van der Waals surface area contributed by atoms with Crippen molar-refractivity contribution in [3.8, 4) is 0 Å². The summed E-state index contributed by atoms with van der Waals surface area (Å²) >= 11 is 6.05. The molecule has 8 heteroatoms. The number of aromatic amines is 1. The fraction of sp³-hybridized carbons (Fsp3) is 0.278. The Hall–Kier alpha value is -2.64. The maximum atomic E-state index is 12.5. The van der Waals surface area contributed by atoms with Crippen molar-refractivity contribution in [3.63, 3.8) is 0 Å². The van der Waals surface area contributed by atoms with E-state index in [9.17, 15) is 9.59 Å². The quantitative estimate of drug-likeness (QED) is 0.758. The summed E-state index contributed by atoms with van der Waals surface area (Å²) < 4.78 is 5.32. The molecule has 0 spiro atoms. The van der Waals surface area contributed by atoms with Gasteiger partial charge < -0.3 is 14.4 Å². The molecule has 1 fully saturated rings. The molecule has 26 heavy (non-hydrogen) atoms. The van der Waals surface area contributed by atoms with Gasteiger partial charge in [-0.2, -0.15) is 0 Å². The van der Waals surface area contributed by atoms with E-state index in [2.05, 4.69) is 15.0 Å². The average molecular weight is 373 g/mol. The average Bonchev–Trinajstić information content (AvgIpc) is 2.98. The second-order valence-electron chi connectivity index (χ2n) is 6.48. The molecule has 0 aliphatic carbocycles. The van der Waals surface area contributed by atoms with Crippen molar-refractivity contribution in [1.82, 2.24) is 19.9 Å². The molecule has 3 heterocycles. The molecule has 4 rings (SSSR count). The summed E-state index contributed by atoms with van der Waals surface area (Å²) in [6, 6.07) is 8.46. The van der Waals surface area contributed by atoms with Crippen LogP contribution >= 0.6 is 11.6 Å². The van der Waals surface area contributed by atoms with Crippen molar-refractivity contribution >= 4 is 28.5 Å². The van der Waals surface area contributed by atoms with E-state index in [1.807, 2.05) is 6.07 Å². The number of hydrogen-bond acceptors (Lipinski definition) is 5. The number of pyridine rings is 1. The molecule has 1 aliphatic rings. The standard InChI is InChI=1S/C18H17ClN4O3/c1-22(18(25)11-4-5-20-17(24)6-11)13-8-23(9-13)10-15-14-7-12(19)2-3-16(14)26-21-15/h2-7,13H,8-10H2,1H3,(H,20,24). The second kappa shape index (κ2) is 6.59. The van der Waals surface area contributed by atoms with Gasteiger partial charge in [-0.1, -0.05) is 16.8 Å². The van der Waals surface area contributed by atoms with E-state index in [0.29, 0.717) is 22.7 Å². The smallest absolute Gasteiger partial charge is 0.254 e. The predicted molar refractivity (Wildman–Crippen MR) is 97.2 cm³/mol. The predicted octanol–water partition coefficient (Wildman–Crippen LogP) is 2.13. The summed E-state index contributed by atoms with van der Waals surface area (Å²) in [5.74, 6) is -0.153. The van der Waals surface area contributed by atoms with Gasteiger partial charge in [0.05, 0.1) is 6.04 Å². The highest BCUT2D eigenvalue weighted by molar-refractivity contribution is 6.31. The van der Waals surface area contributed by atoms with Crippen LogP contribution in [0.3, 0.4) is 0 Å². The van der Waals surface area contributed by atoms with Crippen LogP contribution < -0.4 is 5.56 Å². The third kappa shape index (κ3) is 3.11. The summed E-state index contributed by atoms with van der Waals surface area (Å²) in [6.07, 6.45) is 1.48. The Balaban J connectivity index is 1.39. The lowest BCUT2D eigenvalue weighted by Crippen LogP contribution is -2.59. The van der Waals surface area contributed by atoms with Gasteiger partial charge in [-0.15, -0.1) is 0 Å². The zero-order chi connectivity index (χ0) is 18.3. The summed E-state index contributed by atoms with van der Waals surface area (Å²) in [6.45, 7) is 2.11. The Bertz CT molecular complexity index is 1020. The number of carbonyl (C=O) groups excluding carboxylic acids is 1. The van der Waals surface area contributed by atoms with Crippen LogP contribution in [-0.2, 0) is 6.54 Å². The number of likely N-dealkylation sites (N-methyl/N-ethyl adjacent to an activating group) is 1. The number of likely N-dealkylation sites (tertiary alicyclic amines) is 1. The zero-order valence-corrected chi connectivity index (χ0v) is 14.9.